The maximum Gasteiger partial charge on any atom is 0.326 e. The number of nitrogens with zero attached hydrogens (tertiary/aromatic N) is 2. The summed E-state index contributed by atoms with van der Waals surface area (Å²) in [7, 11) is 1.52. The predicted molar refractivity (Wildman–Crippen MR) is 61.1 cm³/mol. The Morgan fingerprint density at radius 1 is 1.59 bits per heavy atom. The van der Waals surface area contributed by atoms with Crippen LogP contribution in [-0.4, -0.2) is 34.2 Å². The van der Waals surface area contributed by atoms with Crippen LogP contribution < -0.4 is 10.1 Å². The van der Waals surface area contributed by atoms with E-state index in [0.717, 1.165) is 12.8 Å². The first-order chi connectivity index (χ1) is 8.10. The SMILES string of the molecule is COc1cc(NC(C(=O)O)C2CC2)nc(C)n1. The van der Waals surface area contributed by atoms with E-state index in [-0.39, 0.29) is 5.92 Å². The number of anilines is 1. The van der Waals surface area contributed by atoms with E-state index in [4.69, 9.17) is 9.84 Å². The summed E-state index contributed by atoms with van der Waals surface area (Å²) in [5.74, 6) is 0.830. The summed E-state index contributed by atoms with van der Waals surface area (Å²) in [6, 6.07) is 1.03. The number of hydrogen-bond acceptors (Lipinski definition) is 5. The second-order valence-corrected chi connectivity index (χ2v) is 4.14. The van der Waals surface area contributed by atoms with Crippen molar-refractivity contribution in [1.82, 2.24) is 9.97 Å². The standard InChI is InChI=1S/C11H15N3O3/c1-6-12-8(5-9(13-6)17-2)14-10(11(15)16)7-3-4-7/h5,7,10H,3-4H2,1-2H3,(H,15,16)(H,12,13,14). The number of carbonyl (C=O) groups is 1. The topological polar surface area (TPSA) is 84.3 Å². The maximum absolute atomic E-state index is 11.1. The minimum absolute atomic E-state index is 0.203. The van der Waals surface area contributed by atoms with Gasteiger partial charge in [-0.2, -0.15) is 4.98 Å². The number of rotatable bonds is 5. The summed E-state index contributed by atoms with van der Waals surface area (Å²) < 4.78 is 5.02. The number of methoxy groups -OCH3 is 1. The third-order valence-electron chi connectivity index (χ3n) is 2.69. The minimum Gasteiger partial charge on any atom is -0.481 e. The molecular formula is C11H15N3O3. The van der Waals surface area contributed by atoms with E-state index in [0.29, 0.717) is 17.5 Å². The first-order valence-electron chi connectivity index (χ1n) is 5.49. The molecule has 1 atom stereocenters. The van der Waals surface area contributed by atoms with Crippen molar-refractivity contribution >= 4 is 11.8 Å². The second kappa shape index (κ2) is 4.57. The lowest BCUT2D eigenvalue weighted by Gasteiger charge is -2.14. The van der Waals surface area contributed by atoms with Gasteiger partial charge < -0.3 is 15.2 Å². The Morgan fingerprint density at radius 3 is 2.82 bits per heavy atom. The molecule has 92 valence electrons. The highest BCUT2D eigenvalue weighted by molar-refractivity contribution is 5.77. The molecule has 1 fully saturated rings. The molecule has 6 nitrogen and oxygen atoms in total. The highest BCUT2D eigenvalue weighted by Gasteiger charge is 2.36. The zero-order chi connectivity index (χ0) is 12.4. The van der Waals surface area contributed by atoms with Crippen LogP contribution in [0.3, 0.4) is 0 Å². The van der Waals surface area contributed by atoms with E-state index in [1.807, 2.05) is 0 Å². The average Bonchev–Trinajstić information content (AvgIpc) is 3.08. The fourth-order valence-electron chi connectivity index (χ4n) is 1.69. The smallest absolute Gasteiger partial charge is 0.326 e. The van der Waals surface area contributed by atoms with E-state index in [1.54, 1.807) is 13.0 Å². The number of carboxylic acids is 1. The Labute approximate surface area is 99.0 Å². The van der Waals surface area contributed by atoms with Crippen molar-refractivity contribution in [3.8, 4) is 5.88 Å². The molecule has 6 heteroatoms. The van der Waals surface area contributed by atoms with Crippen molar-refractivity contribution < 1.29 is 14.6 Å². The molecule has 2 N–H and O–H groups in total. The van der Waals surface area contributed by atoms with Crippen LogP contribution in [0.15, 0.2) is 6.07 Å². The molecule has 2 rings (SSSR count). The van der Waals surface area contributed by atoms with Gasteiger partial charge in [0.1, 0.15) is 17.7 Å². The number of aryl methyl sites for hydroxylation is 1. The minimum atomic E-state index is -0.845. The average molecular weight is 237 g/mol. The molecule has 1 saturated carbocycles. The molecule has 0 spiro atoms. The van der Waals surface area contributed by atoms with Gasteiger partial charge in [0.2, 0.25) is 5.88 Å². The second-order valence-electron chi connectivity index (χ2n) is 4.14. The van der Waals surface area contributed by atoms with Gasteiger partial charge in [0.25, 0.3) is 0 Å². The van der Waals surface area contributed by atoms with Crippen molar-refractivity contribution in [2.24, 2.45) is 5.92 Å². The molecule has 1 aromatic rings. The zero-order valence-electron chi connectivity index (χ0n) is 9.80. The molecule has 0 amide bonds. The number of ether oxygens (including phenoxy) is 1. The molecule has 17 heavy (non-hydrogen) atoms. The van der Waals surface area contributed by atoms with Gasteiger partial charge in [-0.3, -0.25) is 0 Å². The van der Waals surface area contributed by atoms with Crippen molar-refractivity contribution in [2.75, 3.05) is 12.4 Å². The lowest BCUT2D eigenvalue weighted by atomic mass is 10.2. The summed E-state index contributed by atoms with van der Waals surface area (Å²) in [5.41, 5.74) is 0. The van der Waals surface area contributed by atoms with Crippen molar-refractivity contribution in [3.63, 3.8) is 0 Å². The number of hydrogen-bond donors (Lipinski definition) is 2. The van der Waals surface area contributed by atoms with E-state index in [2.05, 4.69) is 15.3 Å². The highest BCUT2D eigenvalue weighted by atomic mass is 16.5. The van der Waals surface area contributed by atoms with Crippen molar-refractivity contribution in [1.29, 1.82) is 0 Å². The first-order valence-corrected chi connectivity index (χ1v) is 5.49. The molecule has 1 unspecified atom stereocenters. The molecule has 1 aliphatic rings. The molecule has 0 bridgehead atoms. The maximum atomic E-state index is 11.1. The summed E-state index contributed by atoms with van der Waals surface area (Å²) in [6.07, 6.45) is 1.90. The highest BCUT2D eigenvalue weighted by Crippen LogP contribution is 2.34. The fourth-order valence-corrected chi connectivity index (χ4v) is 1.69. The van der Waals surface area contributed by atoms with Gasteiger partial charge in [-0.15, -0.1) is 0 Å². The Morgan fingerprint density at radius 2 is 2.29 bits per heavy atom. The number of aromatic nitrogens is 2. The molecule has 0 saturated heterocycles. The van der Waals surface area contributed by atoms with Crippen LogP contribution in [0.25, 0.3) is 0 Å². The Kier molecular flexibility index (Phi) is 3.12. The van der Waals surface area contributed by atoms with Crippen molar-refractivity contribution in [3.05, 3.63) is 11.9 Å². The quantitative estimate of drug-likeness (QED) is 0.796. The van der Waals surface area contributed by atoms with Crippen LogP contribution in [0.2, 0.25) is 0 Å². The van der Waals surface area contributed by atoms with Crippen LogP contribution in [0, 0.1) is 12.8 Å². The summed E-state index contributed by atoms with van der Waals surface area (Å²) >= 11 is 0. The zero-order valence-corrected chi connectivity index (χ0v) is 9.80. The van der Waals surface area contributed by atoms with E-state index in [9.17, 15) is 4.79 Å². The third kappa shape index (κ3) is 2.83. The van der Waals surface area contributed by atoms with Crippen LogP contribution in [0.1, 0.15) is 18.7 Å². The van der Waals surface area contributed by atoms with E-state index >= 15 is 0 Å². The van der Waals surface area contributed by atoms with Gasteiger partial charge in [0.15, 0.2) is 0 Å². The molecule has 0 aromatic carbocycles. The van der Waals surface area contributed by atoms with Gasteiger partial charge >= 0.3 is 5.97 Å². The summed E-state index contributed by atoms with van der Waals surface area (Å²) in [6.45, 7) is 1.74. The van der Waals surface area contributed by atoms with Crippen molar-refractivity contribution in [2.45, 2.75) is 25.8 Å². The number of aliphatic carboxylic acids is 1. The summed E-state index contributed by atoms with van der Waals surface area (Å²) in [4.78, 5) is 19.3. The Balaban J connectivity index is 2.16. The van der Waals surface area contributed by atoms with Crippen LogP contribution in [-0.2, 0) is 4.79 Å². The first kappa shape index (κ1) is 11.6. The van der Waals surface area contributed by atoms with Crippen LogP contribution >= 0.6 is 0 Å². The number of carboxylic acid groups (broad SMARTS) is 1. The fraction of sp³-hybridized carbons (Fsp3) is 0.545. The predicted octanol–water partition coefficient (Wildman–Crippen LogP) is 1.07. The van der Waals surface area contributed by atoms with Gasteiger partial charge in [-0.1, -0.05) is 0 Å². The van der Waals surface area contributed by atoms with Gasteiger partial charge in [-0.05, 0) is 25.7 Å². The largest absolute Gasteiger partial charge is 0.481 e. The molecule has 0 aliphatic heterocycles. The van der Waals surface area contributed by atoms with Gasteiger partial charge in [0, 0.05) is 6.07 Å². The van der Waals surface area contributed by atoms with Gasteiger partial charge in [-0.25, -0.2) is 9.78 Å². The molecular weight excluding hydrogens is 222 g/mol. The molecule has 1 aliphatic carbocycles. The molecule has 0 radical (unpaired) electrons. The van der Waals surface area contributed by atoms with E-state index < -0.39 is 12.0 Å². The third-order valence-corrected chi connectivity index (χ3v) is 2.69. The molecule has 1 aromatic heterocycles. The molecule has 1 heterocycles. The van der Waals surface area contributed by atoms with Crippen LogP contribution in [0.4, 0.5) is 5.82 Å². The normalized spacial score (nSPS) is 16.4. The Hall–Kier alpha value is -1.85. The number of nitrogens with one attached hydrogen (secondary N) is 1. The Bertz CT molecular complexity index is 432. The summed E-state index contributed by atoms with van der Waals surface area (Å²) in [5, 5.41) is 12.0. The van der Waals surface area contributed by atoms with E-state index in [1.165, 1.54) is 7.11 Å². The lowest BCUT2D eigenvalue weighted by molar-refractivity contribution is -0.138. The lowest BCUT2D eigenvalue weighted by Crippen LogP contribution is -2.31. The van der Waals surface area contributed by atoms with Gasteiger partial charge in [0.05, 0.1) is 7.11 Å². The van der Waals surface area contributed by atoms with Crippen LogP contribution in [0.5, 0.6) is 5.88 Å². The monoisotopic (exact) mass is 237 g/mol.